The molecular weight excluding hydrogens is 298 g/mol. The van der Waals surface area contributed by atoms with Crippen LogP contribution in [-0.4, -0.2) is 45.6 Å². The fourth-order valence-electron chi connectivity index (χ4n) is 1.78. The molecule has 0 aliphatic carbocycles. The number of nitrogens with one attached hydrogen (secondary N) is 1. The first-order valence-corrected chi connectivity index (χ1v) is 7.62. The smallest absolute Gasteiger partial charge is 0.352 e. The zero-order valence-electron chi connectivity index (χ0n) is 11.3. The average Bonchev–Trinajstić information content (AvgIpc) is 3.04. The summed E-state index contributed by atoms with van der Waals surface area (Å²) in [6.07, 6.45) is 5.04. The fourth-order valence-corrected chi connectivity index (χ4v) is 2.92. The Morgan fingerprint density at radius 3 is 2.81 bits per heavy atom. The molecule has 114 valence electrons. The summed E-state index contributed by atoms with van der Waals surface area (Å²) in [6, 6.07) is 1.13. The number of carboxylic acid groups (broad SMARTS) is 1. The lowest BCUT2D eigenvalue weighted by Gasteiger charge is -2.04. The number of hydrogen-bond donors (Lipinski definition) is 2. The van der Waals surface area contributed by atoms with E-state index in [2.05, 4.69) is 15.0 Å². The normalized spacial score (nSPS) is 11.7. The number of sulfonamides is 1. The molecule has 0 bridgehead atoms. The van der Waals surface area contributed by atoms with Crippen LogP contribution in [0.4, 0.5) is 0 Å². The lowest BCUT2D eigenvalue weighted by atomic mass is 10.4. The van der Waals surface area contributed by atoms with Crippen molar-refractivity contribution in [1.29, 1.82) is 0 Å². The van der Waals surface area contributed by atoms with Gasteiger partial charge in [-0.2, -0.15) is 0 Å². The molecule has 0 aromatic carbocycles. The van der Waals surface area contributed by atoms with Gasteiger partial charge in [0.2, 0.25) is 10.0 Å². The lowest BCUT2D eigenvalue weighted by Crippen LogP contribution is -2.25. The number of nitrogens with zero attached hydrogens (tertiary/aromatic N) is 4. The minimum atomic E-state index is -3.72. The summed E-state index contributed by atoms with van der Waals surface area (Å²) >= 11 is 0. The Bertz CT molecular complexity index is 720. The molecule has 21 heavy (non-hydrogen) atoms. The van der Waals surface area contributed by atoms with Crippen molar-refractivity contribution in [2.24, 2.45) is 7.05 Å². The van der Waals surface area contributed by atoms with Gasteiger partial charge in [0.25, 0.3) is 0 Å². The summed E-state index contributed by atoms with van der Waals surface area (Å²) in [5.74, 6) is -1.18. The lowest BCUT2D eigenvalue weighted by molar-refractivity contribution is 0.0686. The van der Waals surface area contributed by atoms with E-state index in [0.29, 0.717) is 13.0 Å². The molecule has 2 aromatic rings. The van der Waals surface area contributed by atoms with E-state index in [-0.39, 0.29) is 17.1 Å². The molecule has 2 heterocycles. The first-order valence-electron chi connectivity index (χ1n) is 6.13. The van der Waals surface area contributed by atoms with Crippen LogP contribution in [0.5, 0.6) is 0 Å². The van der Waals surface area contributed by atoms with Crippen LogP contribution in [-0.2, 0) is 23.6 Å². The Morgan fingerprint density at radius 1 is 1.48 bits per heavy atom. The van der Waals surface area contributed by atoms with E-state index in [0.717, 1.165) is 6.07 Å². The first-order chi connectivity index (χ1) is 9.90. The quantitative estimate of drug-likeness (QED) is 0.676. The van der Waals surface area contributed by atoms with Crippen molar-refractivity contribution in [3.05, 3.63) is 30.4 Å². The highest BCUT2D eigenvalue weighted by molar-refractivity contribution is 7.89. The van der Waals surface area contributed by atoms with Crippen LogP contribution in [0.2, 0.25) is 0 Å². The van der Waals surface area contributed by atoms with Gasteiger partial charge in [-0.3, -0.25) is 4.68 Å². The molecule has 0 saturated heterocycles. The Balaban J connectivity index is 1.95. The Kier molecular flexibility index (Phi) is 4.38. The van der Waals surface area contributed by atoms with Crippen LogP contribution in [0.25, 0.3) is 0 Å². The molecule has 0 unspecified atom stereocenters. The Hall–Kier alpha value is -2.20. The maximum Gasteiger partial charge on any atom is 0.352 e. The van der Waals surface area contributed by atoms with Crippen molar-refractivity contribution < 1.29 is 18.3 Å². The van der Waals surface area contributed by atoms with E-state index in [1.807, 2.05) is 0 Å². The van der Waals surface area contributed by atoms with Crippen LogP contribution < -0.4 is 4.72 Å². The second-order valence-corrected chi connectivity index (χ2v) is 6.16. The minimum Gasteiger partial charge on any atom is -0.477 e. The van der Waals surface area contributed by atoms with E-state index in [4.69, 9.17) is 5.11 Å². The summed E-state index contributed by atoms with van der Waals surface area (Å²) in [6.45, 7) is 0.761. The van der Waals surface area contributed by atoms with Crippen LogP contribution in [0, 0.1) is 0 Å². The standard InChI is InChI=1S/C11H15N5O4S/c1-15-8-9(7-10(15)11(17)18)21(19,20)13-3-2-5-16-6-4-12-14-16/h4,6-8,13H,2-3,5H2,1H3,(H,17,18). The molecule has 0 saturated carbocycles. The van der Waals surface area contributed by atoms with Gasteiger partial charge >= 0.3 is 5.97 Å². The SMILES string of the molecule is Cn1cc(S(=O)(=O)NCCCn2ccnn2)cc1C(=O)O. The largest absolute Gasteiger partial charge is 0.477 e. The molecule has 0 spiro atoms. The third-order valence-electron chi connectivity index (χ3n) is 2.84. The third-order valence-corrected chi connectivity index (χ3v) is 4.27. The highest BCUT2D eigenvalue weighted by Crippen LogP contribution is 2.13. The van der Waals surface area contributed by atoms with Crippen LogP contribution in [0.1, 0.15) is 16.9 Å². The molecule has 2 aromatic heterocycles. The number of aryl methyl sites for hydroxylation is 2. The summed E-state index contributed by atoms with van der Waals surface area (Å²) in [4.78, 5) is 10.8. The summed E-state index contributed by atoms with van der Waals surface area (Å²) in [5, 5.41) is 16.3. The molecule has 0 radical (unpaired) electrons. The van der Waals surface area contributed by atoms with Gasteiger partial charge in [0.05, 0.1) is 6.20 Å². The minimum absolute atomic E-state index is 0.0665. The average molecular weight is 313 g/mol. The van der Waals surface area contributed by atoms with Crippen molar-refractivity contribution in [2.45, 2.75) is 17.9 Å². The van der Waals surface area contributed by atoms with Gasteiger partial charge in [-0.05, 0) is 12.5 Å². The van der Waals surface area contributed by atoms with E-state index in [1.54, 1.807) is 17.1 Å². The van der Waals surface area contributed by atoms with Crippen molar-refractivity contribution in [1.82, 2.24) is 24.3 Å². The number of aromatic nitrogens is 4. The molecule has 0 atom stereocenters. The molecule has 0 aliphatic rings. The van der Waals surface area contributed by atoms with Gasteiger partial charge in [0.1, 0.15) is 10.6 Å². The molecule has 0 fully saturated rings. The fraction of sp³-hybridized carbons (Fsp3) is 0.364. The highest BCUT2D eigenvalue weighted by atomic mass is 32.2. The van der Waals surface area contributed by atoms with Gasteiger partial charge in [-0.1, -0.05) is 5.21 Å². The molecule has 0 amide bonds. The maximum atomic E-state index is 12.0. The maximum absolute atomic E-state index is 12.0. The number of carboxylic acids is 1. The van der Waals surface area contributed by atoms with Crippen molar-refractivity contribution in [3.8, 4) is 0 Å². The van der Waals surface area contributed by atoms with Gasteiger partial charge < -0.3 is 9.67 Å². The number of hydrogen-bond acceptors (Lipinski definition) is 5. The summed E-state index contributed by atoms with van der Waals surface area (Å²) < 4.78 is 29.3. The Morgan fingerprint density at radius 2 is 2.24 bits per heavy atom. The van der Waals surface area contributed by atoms with Crippen molar-refractivity contribution in [2.75, 3.05) is 6.54 Å². The second kappa shape index (κ2) is 6.06. The van der Waals surface area contributed by atoms with E-state index in [1.165, 1.54) is 17.8 Å². The molecule has 9 nitrogen and oxygen atoms in total. The van der Waals surface area contributed by atoms with Crippen molar-refractivity contribution >= 4 is 16.0 Å². The number of aromatic carboxylic acids is 1. The van der Waals surface area contributed by atoms with E-state index >= 15 is 0 Å². The molecule has 10 heteroatoms. The topological polar surface area (TPSA) is 119 Å². The van der Waals surface area contributed by atoms with Crippen LogP contribution in [0.15, 0.2) is 29.6 Å². The van der Waals surface area contributed by atoms with Gasteiger partial charge in [0.15, 0.2) is 0 Å². The first kappa shape index (κ1) is 15.2. The van der Waals surface area contributed by atoms with Gasteiger partial charge in [-0.15, -0.1) is 5.10 Å². The summed E-state index contributed by atoms with van der Waals surface area (Å²) in [5.41, 5.74) is -0.0852. The zero-order chi connectivity index (χ0) is 15.5. The van der Waals surface area contributed by atoms with Crippen LogP contribution >= 0.6 is 0 Å². The van der Waals surface area contributed by atoms with Crippen LogP contribution in [0.3, 0.4) is 0 Å². The van der Waals surface area contributed by atoms with Gasteiger partial charge in [0, 0.05) is 32.5 Å². The monoisotopic (exact) mass is 313 g/mol. The summed E-state index contributed by atoms with van der Waals surface area (Å²) in [7, 11) is -2.24. The Labute approximate surface area is 121 Å². The van der Waals surface area contributed by atoms with Gasteiger partial charge in [-0.25, -0.2) is 17.9 Å². The molecule has 0 aliphatic heterocycles. The third kappa shape index (κ3) is 3.67. The number of carbonyl (C=O) groups is 1. The highest BCUT2D eigenvalue weighted by Gasteiger charge is 2.19. The molecule has 2 N–H and O–H groups in total. The van der Waals surface area contributed by atoms with Crippen molar-refractivity contribution in [3.63, 3.8) is 0 Å². The molecule has 2 rings (SSSR count). The van der Waals surface area contributed by atoms with E-state index < -0.39 is 16.0 Å². The molecular formula is C11H15N5O4S. The predicted molar refractivity (Wildman–Crippen MR) is 72.2 cm³/mol. The number of rotatable bonds is 7. The zero-order valence-corrected chi connectivity index (χ0v) is 12.1. The second-order valence-electron chi connectivity index (χ2n) is 4.39. The predicted octanol–water partition coefficient (Wildman–Crippen LogP) is -0.317. The van der Waals surface area contributed by atoms with E-state index in [9.17, 15) is 13.2 Å².